The molecule has 27 heavy (non-hydrogen) atoms. The van der Waals surface area contributed by atoms with E-state index in [-0.39, 0.29) is 5.91 Å². The van der Waals surface area contributed by atoms with Crippen molar-refractivity contribution >= 4 is 5.91 Å². The highest BCUT2D eigenvalue weighted by molar-refractivity contribution is 5.92. The van der Waals surface area contributed by atoms with E-state index in [1.165, 1.54) is 0 Å². The van der Waals surface area contributed by atoms with Gasteiger partial charge >= 0.3 is 0 Å². The molecule has 0 radical (unpaired) electrons. The van der Waals surface area contributed by atoms with E-state index in [4.69, 9.17) is 4.52 Å². The van der Waals surface area contributed by atoms with E-state index in [1.54, 1.807) is 18.1 Å². The number of hydrogen-bond acceptors (Lipinski definition) is 6. The zero-order valence-electron chi connectivity index (χ0n) is 15.5. The van der Waals surface area contributed by atoms with Crippen molar-refractivity contribution in [3.8, 4) is 11.4 Å². The number of amides is 1. The molecule has 0 aliphatic carbocycles. The zero-order chi connectivity index (χ0) is 18.8. The molecule has 4 rings (SSSR count). The van der Waals surface area contributed by atoms with Gasteiger partial charge < -0.3 is 14.3 Å². The molecule has 1 aliphatic rings. The van der Waals surface area contributed by atoms with Gasteiger partial charge in [0.05, 0.1) is 17.9 Å². The van der Waals surface area contributed by atoms with E-state index in [1.807, 2.05) is 35.0 Å². The number of aryl methyl sites for hydroxylation is 1. The lowest BCUT2D eigenvalue weighted by Gasteiger charge is -2.13. The van der Waals surface area contributed by atoms with Crippen molar-refractivity contribution in [3.05, 3.63) is 53.7 Å². The third kappa shape index (κ3) is 3.75. The second-order valence-electron chi connectivity index (χ2n) is 6.89. The quantitative estimate of drug-likeness (QED) is 0.703. The average Bonchev–Trinajstić information content (AvgIpc) is 3.25. The van der Waals surface area contributed by atoms with Crippen LogP contribution in [-0.2, 0) is 19.6 Å². The van der Waals surface area contributed by atoms with Crippen LogP contribution in [-0.4, -0.2) is 56.3 Å². The van der Waals surface area contributed by atoms with Gasteiger partial charge in [-0.05, 0) is 31.7 Å². The molecule has 8 nitrogen and oxygen atoms in total. The fourth-order valence-corrected chi connectivity index (χ4v) is 3.25. The first kappa shape index (κ1) is 17.4. The smallest absolute Gasteiger partial charge is 0.274 e. The normalized spacial score (nSPS) is 14.6. The van der Waals surface area contributed by atoms with Crippen molar-refractivity contribution in [2.75, 3.05) is 20.6 Å². The lowest BCUT2D eigenvalue weighted by molar-refractivity contribution is 0.0765. The summed E-state index contributed by atoms with van der Waals surface area (Å²) in [6, 6.07) is 9.31. The van der Waals surface area contributed by atoms with Gasteiger partial charge in [0.1, 0.15) is 5.69 Å². The Hall–Kier alpha value is -3.00. The number of carbonyl (C=O) groups is 1. The van der Waals surface area contributed by atoms with Crippen LogP contribution in [0.3, 0.4) is 0 Å². The minimum absolute atomic E-state index is 0.131. The van der Waals surface area contributed by atoms with Gasteiger partial charge in [0, 0.05) is 38.9 Å². The second kappa shape index (κ2) is 7.32. The maximum Gasteiger partial charge on any atom is 0.274 e. The summed E-state index contributed by atoms with van der Waals surface area (Å²) in [5.41, 5.74) is 2.93. The molecule has 4 heterocycles. The van der Waals surface area contributed by atoms with Gasteiger partial charge in [0.15, 0.2) is 11.5 Å². The van der Waals surface area contributed by atoms with Crippen molar-refractivity contribution in [3.63, 3.8) is 0 Å². The Kier molecular flexibility index (Phi) is 4.72. The van der Waals surface area contributed by atoms with Crippen LogP contribution in [0.25, 0.3) is 11.4 Å². The Morgan fingerprint density at radius 1 is 1.26 bits per heavy atom. The van der Waals surface area contributed by atoms with Crippen molar-refractivity contribution in [1.29, 1.82) is 0 Å². The van der Waals surface area contributed by atoms with Gasteiger partial charge in [-0.3, -0.25) is 14.5 Å². The molecule has 140 valence electrons. The average molecular weight is 366 g/mol. The molecular formula is C19H22N6O2. The SMILES string of the molecule is CN1CCCn2nc(C(=O)N(C)Cc3cc(-c4ccccn4)no3)cc2C1. The van der Waals surface area contributed by atoms with Gasteiger partial charge in [0.25, 0.3) is 5.91 Å². The Morgan fingerprint density at radius 3 is 2.96 bits per heavy atom. The molecule has 1 amide bonds. The minimum atomic E-state index is -0.131. The van der Waals surface area contributed by atoms with Crippen molar-refractivity contribution in [1.82, 2.24) is 29.7 Å². The van der Waals surface area contributed by atoms with Gasteiger partial charge in [0.2, 0.25) is 0 Å². The Labute approximate surface area is 157 Å². The number of pyridine rings is 1. The zero-order valence-corrected chi connectivity index (χ0v) is 15.5. The molecule has 0 aromatic carbocycles. The Morgan fingerprint density at radius 2 is 2.15 bits per heavy atom. The molecule has 3 aromatic heterocycles. The Balaban J connectivity index is 1.46. The van der Waals surface area contributed by atoms with Crippen LogP contribution in [0.15, 0.2) is 41.1 Å². The first-order valence-corrected chi connectivity index (χ1v) is 8.98. The molecule has 3 aromatic rings. The number of nitrogens with zero attached hydrogens (tertiary/aromatic N) is 6. The van der Waals surface area contributed by atoms with Gasteiger partial charge in [-0.25, -0.2) is 0 Å². The van der Waals surface area contributed by atoms with Crippen LogP contribution >= 0.6 is 0 Å². The number of rotatable bonds is 4. The van der Waals surface area contributed by atoms with Gasteiger partial charge in [-0.2, -0.15) is 5.10 Å². The van der Waals surface area contributed by atoms with Crippen LogP contribution < -0.4 is 0 Å². The molecule has 1 aliphatic heterocycles. The maximum absolute atomic E-state index is 12.8. The summed E-state index contributed by atoms with van der Waals surface area (Å²) in [5.74, 6) is 0.473. The predicted molar refractivity (Wildman–Crippen MR) is 98.7 cm³/mol. The molecule has 0 fully saturated rings. The number of fused-ring (bicyclic) bond motifs is 1. The fraction of sp³-hybridized carbons (Fsp3) is 0.368. The van der Waals surface area contributed by atoms with Crippen molar-refractivity contribution in [2.24, 2.45) is 0 Å². The number of carbonyl (C=O) groups excluding carboxylic acids is 1. The van der Waals surface area contributed by atoms with E-state index in [9.17, 15) is 4.79 Å². The highest BCUT2D eigenvalue weighted by atomic mass is 16.5. The molecule has 0 saturated heterocycles. The van der Waals surface area contributed by atoms with Crippen LogP contribution in [0.1, 0.15) is 28.4 Å². The predicted octanol–water partition coefficient (Wildman–Crippen LogP) is 2.04. The number of aromatic nitrogens is 4. The molecule has 0 spiro atoms. The summed E-state index contributed by atoms with van der Waals surface area (Å²) in [5, 5.41) is 8.55. The lowest BCUT2D eigenvalue weighted by Crippen LogP contribution is -2.26. The molecule has 0 bridgehead atoms. The van der Waals surface area contributed by atoms with E-state index in [2.05, 4.69) is 27.2 Å². The molecule has 0 atom stereocenters. The molecule has 0 saturated carbocycles. The lowest BCUT2D eigenvalue weighted by atomic mass is 10.2. The van der Waals surface area contributed by atoms with E-state index >= 15 is 0 Å². The summed E-state index contributed by atoms with van der Waals surface area (Å²) in [6.07, 6.45) is 2.74. The monoisotopic (exact) mass is 366 g/mol. The molecule has 0 N–H and O–H groups in total. The third-order valence-corrected chi connectivity index (χ3v) is 4.65. The minimum Gasteiger partial charge on any atom is -0.359 e. The topological polar surface area (TPSA) is 80.3 Å². The summed E-state index contributed by atoms with van der Waals surface area (Å²) in [6.45, 7) is 3.00. The summed E-state index contributed by atoms with van der Waals surface area (Å²) in [4.78, 5) is 20.9. The molecule has 0 unspecified atom stereocenters. The standard InChI is InChI=1S/C19H22N6O2/c1-23-8-5-9-25-14(12-23)10-18(21-25)19(26)24(2)13-15-11-17(22-27-15)16-6-3-4-7-20-16/h3-4,6-7,10-11H,5,8-9,12-13H2,1-2H3. The highest BCUT2D eigenvalue weighted by Crippen LogP contribution is 2.18. The van der Waals surface area contributed by atoms with E-state index < -0.39 is 0 Å². The third-order valence-electron chi connectivity index (χ3n) is 4.65. The number of hydrogen-bond donors (Lipinski definition) is 0. The maximum atomic E-state index is 12.8. The van der Waals surface area contributed by atoms with Crippen LogP contribution in [0, 0.1) is 0 Å². The molecule has 8 heteroatoms. The van der Waals surface area contributed by atoms with Crippen LogP contribution in [0.2, 0.25) is 0 Å². The molecular weight excluding hydrogens is 344 g/mol. The Bertz CT molecular complexity index is 933. The largest absolute Gasteiger partial charge is 0.359 e. The second-order valence-corrected chi connectivity index (χ2v) is 6.89. The van der Waals surface area contributed by atoms with E-state index in [0.29, 0.717) is 23.7 Å². The summed E-state index contributed by atoms with van der Waals surface area (Å²) < 4.78 is 7.31. The first-order valence-electron chi connectivity index (χ1n) is 8.98. The first-order chi connectivity index (χ1) is 13.1. The fourth-order valence-electron chi connectivity index (χ4n) is 3.25. The summed E-state index contributed by atoms with van der Waals surface area (Å²) in [7, 11) is 3.82. The van der Waals surface area contributed by atoms with Crippen LogP contribution in [0.4, 0.5) is 0 Å². The van der Waals surface area contributed by atoms with Crippen molar-refractivity contribution in [2.45, 2.75) is 26.1 Å². The summed E-state index contributed by atoms with van der Waals surface area (Å²) >= 11 is 0. The van der Waals surface area contributed by atoms with E-state index in [0.717, 1.165) is 37.4 Å². The highest BCUT2D eigenvalue weighted by Gasteiger charge is 2.21. The van der Waals surface area contributed by atoms with Gasteiger partial charge in [-0.15, -0.1) is 0 Å². The van der Waals surface area contributed by atoms with Crippen molar-refractivity contribution < 1.29 is 9.32 Å². The van der Waals surface area contributed by atoms with Crippen LogP contribution in [0.5, 0.6) is 0 Å². The van der Waals surface area contributed by atoms with Gasteiger partial charge in [-0.1, -0.05) is 11.2 Å².